The van der Waals surface area contributed by atoms with Crippen molar-refractivity contribution in [1.29, 1.82) is 0 Å². The molecule has 1 unspecified atom stereocenters. The Hall–Kier alpha value is -1.33. The number of rotatable bonds is 2. The summed E-state index contributed by atoms with van der Waals surface area (Å²) in [6.07, 6.45) is 1.94. The van der Waals surface area contributed by atoms with Gasteiger partial charge in [0.25, 0.3) is 0 Å². The zero-order valence-corrected chi connectivity index (χ0v) is 13.7. The molecule has 0 bridgehead atoms. The molecular weight excluding hydrogens is 309 g/mol. The predicted octanol–water partition coefficient (Wildman–Crippen LogP) is 4.23. The Balaban J connectivity index is 2.40. The number of hydrogen-bond acceptors (Lipinski definition) is 2. The van der Waals surface area contributed by atoms with Crippen LogP contribution in [0.5, 0.6) is 11.8 Å². The van der Waals surface area contributed by atoms with Gasteiger partial charge in [-0.05, 0) is 22.4 Å². The summed E-state index contributed by atoms with van der Waals surface area (Å²) >= 11 is 0. The van der Waals surface area contributed by atoms with Crippen molar-refractivity contribution in [3.05, 3.63) is 36.0 Å². The number of hydrogen-bond donors (Lipinski definition) is 2. The summed E-state index contributed by atoms with van der Waals surface area (Å²) in [6.45, 7) is 1.80. The van der Waals surface area contributed by atoms with E-state index >= 15 is 0 Å². The van der Waals surface area contributed by atoms with Crippen LogP contribution in [0.3, 0.4) is 0 Å². The summed E-state index contributed by atoms with van der Waals surface area (Å²) in [5, 5.41) is 21.5. The highest BCUT2D eigenvalue weighted by Gasteiger charge is 2.22. The number of benzene rings is 1. The second-order valence-electron chi connectivity index (χ2n) is 4.53. The van der Waals surface area contributed by atoms with E-state index in [1.807, 2.05) is 34.8 Å². The minimum atomic E-state index is 0.0537. The van der Waals surface area contributed by atoms with Gasteiger partial charge in [0.2, 0.25) is 11.8 Å². The van der Waals surface area contributed by atoms with E-state index in [-0.39, 0.29) is 11.8 Å². The second kappa shape index (κ2) is 4.90. The topological polar surface area (TPSA) is 50.3 Å². The van der Waals surface area contributed by atoms with Crippen molar-refractivity contribution in [1.82, 2.24) is 8.68 Å². The van der Waals surface area contributed by atoms with Gasteiger partial charge in [-0.2, -0.15) is 0 Å². The molecule has 0 aliphatic heterocycles. The average Bonchev–Trinajstić information content (AvgIpc) is 2.87. The van der Waals surface area contributed by atoms with E-state index in [0.29, 0.717) is 19.1 Å². The van der Waals surface area contributed by atoms with Crippen molar-refractivity contribution in [3.8, 4) is 22.9 Å². The molecule has 2 heterocycles. The first-order valence-electron chi connectivity index (χ1n) is 5.92. The number of nitrogens with zero attached hydrogens (tertiary/aromatic N) is 2. The molecule has 3 rings (SSSR count). The van der Waals surface area contributed by atoms with E-state index in [2.05, 4.69) is 17.9 Å². The molecular formula is C13H13N2O2P3. The minimum Gasteiger partial charge on any atom is -0.494 e. The van der Waals surface area contributed by atoms with Crippen molar-refractivity contribution in [3.63, 3.8) is 0 Å². The molecule has 1 aromatic carbocycles. The quantitative estimate of drug-likeness (QED) is 0.694. The summed E-state index contributed by atoms with van der Waals surface area (Å²) in [5.74, 6) is 0.118. The van der Waals surface area contributed by atoms with Gasteiger partial charge >= 0.3 is 0 Å². The van der Waals surface area contributed by atoms with Gasteiger partial charge in [-0.15, -0.1) is 0 Å². The molecule has 0 saturated heterocycles. The van der Waals surface area contributed by atoms with E-state index in [0.717, 1.165) is 16.5 Å². The lowest BCUT2D eigenvalue weighted by atomic mass is 10.0. The molecule has 0 fully saturated rings. The monoisotopic (exact) mass is 322 g/mol. The molecule has 4 nitrogen and oxygen atoms in total. The zero-order chi connectivity index (χ0) is 14.4. The lowest BCUT2D eigenvalue weighted by molar-refractivity contribution is 0.415. The maximum atomic E-state index is 10.4. The van der Waals surface area contributed by atoms with Crippen LogP contribution in [0.25, 0.3) is 22.0 Å². The van der Waals surface area contributed by atoms with E-state index in [1.165, 1.54) is 4.34 Å². The molecule has 0 aliphatic carbocycles. The molecule has 0 saturated carbocycles. The summed E-state index contributed by atoms with van der Waals surface area (Å²) in [5.41, 5.74) is 3.27. The van der Waals surface area contributed by atoms with Crippen molar-refractivity contribution in [2.45, 2.75) is 6.92 Å². The van der Waals surface area contributed by atoms with Crippen LogP contribution in [0.4, 0.5) is 0 Å². The molecule has 0 spiro atoms. The van der Waals surface area contributed by atoms with Gasteiger partial charge in [0.1, 0.15) is 0 Å². The average molecular weight is 322 g/mol. The predicted molar refractivity (Wildman–Crippen MR) is 89.2 cm³/mol. The Bertz CT molecular complexity index is 836. The van der Waals surface area contributed by atoms with Crippen LogP contribution in [0.2, 0.25) is 0 Å². The Kier molecular flexibility index (Phi) is 3.34. The largest absolute Gasteiger partial charge is 0.494 e. The Morgan fingerprint density at radius 1 is 1.20 bits per heavy atom. The highest BCUT2D eigenvalue weighted by atomic mass is 31.7. The number of fused-ring (bicyclic) bond motifs is 1. The van der Waals surface area contributed by atoms with Gasteiger partial charge < -0.3 is 14.6 Å². The highest BCUT2D eigenvalue weighted by Crippen LogP contribution is 2.46. The van der Waals surface area contributed by atoms with Crippen molar-refractivity contribution >= 4 is 36.8 Å². The summed E-state index contributed by atoms with van der Waals surface area (Å²) < 4.78 is 3.33. The SMILES string of the molecule is Cc1c(-c2cn(P)c3ccccc23)c(O)n(P=P)c1O. The van der Waals surface area contributed by atoms with Crippen LogP contribution < -0.4 is 0 Å². The van der Waals surface area contributed by atoms with Gasteiger partial charge in [0.15, 0.2) is 0 Å². The fraction of sp³-hybridized carbons (Fsp3) is 0.0769. The third-order valence-corrected chi connectivity index (χ3v) is 5.05. The third-order valence-electron chi connectivity index (χ3n) is 3.45. The highest BCUT2D eigenvalue weighted by molar-refractivity contribution is 7.73. The second-order valence-corrected chi connectivity index (χ2v) is 6.28. The Morgan fingerprint density at radius 2 is 1.90 bits per heavy atom. The van der Waals surface area contributed by atoms with E-state index < -0.39 is 0 Å². The standard InChI is InChI=1S/C13H13N2O2P3/c1-7-11(13(17)15(20-19)12(7)16)9-6-14(18)10-5-3-2-4-8(9)10/h2-6,16-17,19H,18H2,1H3. The molecule has 0 radical (unpaired) electrons. The maximum Gasteiger partial charge on any atom is 0.210 e. The Morgan fingerprint density at radius 3 is 2.55 bits per heavy atom. The minimum absolute atomic E-state index is 0.0537. The lowest BCUT2D eigenvalue weighted by Gasteiger charge is -2.00. The first kappa shape index (κ1) is 13.6. The fourth-order valence-corrected chi connectivity index (χ4v) is 3.85. The zero-order valence-electron chi connectivity index (χ0n) is 10.7. The molecule has 2 aromatic heterocycles. The Labute approximate surface area is 122 Å². The van der Waals surface area contributed by atoms with Crippen molar-refractivity contribution in [2.75, 3.05) is 0 Å². The van der Waals surface area contributed by atoms with Crippen LogP contribution in [0, 0.1) is 6.92 Å². The summed E-state index contributed by atoms with van der Waals surface area (Å²) in [7, 11) is 6.50. The molecule has 1 atom stereocenters. The van der Waals surface area contributed by atoms with E-state index in [1.54, 1.807) is 6.92 Å². The van der Waals surface area contributed by atoms with Crippen LogP contribution in [-0.4, -0.2) is 18.9 Å². The third kappa shape index (κ3) is 1.80. The summed E-state index contributed by atoms with van der Waals surface area (Å²) in [4.78, 5) is 0. The van der Waals surface area contributed by atoms with Crippen LogP contribution in [-0.2, 0) is 0 Å². The number of para-hydroxylation sites is 1. The van der Waals surface area contributed by atoms with Gasteiger partial charge in [-0.1, -0.05) is 26.7 Å². The van der Waals surface area contributed by atoms with Gasteiger partial charge in [0.05, 0.1) is 11.1 Å². The first-order chi connectivity index (χ1) is 9.56. The van der Waals surface area contributed by atoms with Crippen molar-refractivity contribution in [2.24, 2.45) is 0 Å². The molecule has 3 aromatic rings. The first-order valence-corrected chi connectivity index (χ1v) is 8.63. The van der Waals surface area contributed by atoms with Gasteiger partial charge in [0, 0.05) is 30.7 Å². The molecule has 0 aliphatic rings. The van der Waals surface area contributed by atoms with Crippen molar-refractivity contribution < 1.29 is 10.2 Å². The van der Waals surface area contributed by atoms with Gasteiger partial charge in [-0.25, -0.2) is 4.34 Å². The maximum absolute atomic E-state index is 10.4. The van der Waals surface area contributed by atoms with E-state index in [4.69, 9.17) is 0 Å². The van der Waals surface area contributed by atoms with Gasteiger partial charge in [-0.3, -0.25) is 0 Å². The molecule has 20 heavy (non-hydrogen) atoms. The molecule has 0 amide bonds. The molecule has 2 N–H and O–H groups in total. The van der Waals surface area contributed by atoms with Crippen LogP contribution >= 0.6 is 25.9 Å². The van der Waals surface area contributed by atoms with Crippen LogP contribution in [0.15, 0.2) is 30.5 Å². The lowest BCUT2D eigenvalue weighted by Crippen LogP contribution is -1.77. The van der Waals surface area contributed by atoms with E-state index in [9.17, 15) is 10.2 Å². The number of aromatic hydroxyl groups is 2. The number of aromatic nitrogens is 2. The fourth-order valence-electron chi connectivity index (χ4n) is 2.47. The normalized spacial score (nSPS) is 11.5. The summed E-state index contributed by atoms with van der Waals surface area (Å²) in [6, 6.07) is 7.95. The van der Waals surface area contributed by atoms with Crippen LogP contribution in [0.1, 0.15) is 5.56 Å². The molecule has 7 heteroatoms. The molecule has 102 valence electrons. The smallest absolute Gasteiger partial charge is 0.210 e.